The number of aromatic nitrogens is 1. The van der Waals surface area contributed by atoms with Crippen LogP contribution in [0.15, 0.2) is 59.2 Å². The van der Waals surface area contributed by atoms with Crippen molar-refractivity contribution in [3.63, 3.8) is 0 Å². The summed E-state index contributed by atoms with van der Waals surface area (Å²) in [5.41, 5.74) is 7.11. The van der Waals surface area contributed by atoms with Gasteiger partial charge in [0.05, 0.1) is 16.6 Å². The smallest absolute Gasteiger partial charge is 0.306 e. The molecule has 8 nitrogen and oxygen atoms in total. The minimum Gasteiger partial charge on any atom is -0.383 e. The highest BCUT2D eigenvalue weighted by Gasteiger charge is 2.49. The molecule has 1 unspecified atom stereocenters. The number of hydrogen-bond donors (Lipinski definition) is 1. The molecule has 4 rings (SSSR count). The topological polar surface area (TPSA) is 115 Å². The van der Waals surface area contributed by atoms with E-state index in [0.717, 1.165) is 6.26 Å². The van der Waals surface area contributed by atoms with Crippen LogP contribution in [0.3, 0.4) is 0 Å². The molecule has 0 bridgehead atoms. The van der Waals surface area contributed by atoms with Gasteiger partial charge in [-0.25, -0.2) is 9.38 Å². The van der Waals surface area contributed by atoms with E-state index in [0.29, 0.717) is 16.0 Å². The van der Waals surface area contributed by atoms with Crippen LogP contribution in [0.2, 0.25) is 0 Å². The first-order chi connectivity index (χ1) is 14.6. The molecule has 2 heterocycles. The second-order valence-electron chi connectivity index (χ2n) is 6.92. The Labute approximate surface area is 194 Å². The molecule has 0 radical (unpaired) electrons. The van der Waals surface area contributed by atoms with Crippen molar-refractivity contribution < 1.29 is 21.8 Å². The number of carbonyl (C=O) groups is 1. The van der Waals surface area contributed by atoms with Crippen molar-refractivity contribution in [2.45, 2.75) is 5.54 Å². The Bertz CT molecular complexity index is 1300. The molecular weight excluding hydrogens is 479 g/mol. The van der Waals surface area contributed by atoms with Crippen LogP contribution in [0.1, 0.15) is 11.1 Å². The lowest BCUT2D eigenvalue weighted by molar-refractivity contribution is -0.129. The summed E-state index contributed by atoms with van der Waals surface area (Å²) < 4.78 is 42.2. The summed E-state index contributed by atoms with van der Waals surface area (Å²) >= 11 is 1.26. The van der Waals surface area contributed by atoms with Crippen molar-refractivity contribution in [2.75, 3.05) is 13.3 Å². The fourth-order valence-corrected chi connectivity index (χ4v) is 4.50. The van der Waals surface area contributed by atoms with Crippen molar-refractivity contribution in [3.8, 4) is 16.2 Å². The number of benzene rings is 2. The molecule has 2 aromatic carbocycles. The van der Waals surface area contributed by atoms with E-state index in [1.54, 1.807) is 11.6 Å². The van der Waals surface area contributed by atoms with E-state index in [1.165, 1.54) is 65.9 Å². The predicted octanol–water partition coefficient (Wildman–Crippen LogP) is 2.74. The van der Waals surface area contributed by atoms with Gasteiger partial charge < -0.3 is 9.92 Å². The fourth-order valence-electron chi connectivity index (χ4n) is 3.40. The number of nitrogens with two attached hydrogens (primary N) is 1. The Morgan fingerprint density at radius 3 is 2.34 bits per heavy atom. The Hall–Kier alpha value is -3.02. The van der Waals surface area contributed by atoms with Gasteiger partial charge in [-0.05, 0) is 35.4 Å². The van der Waals surface area contributed by atoms with Crippen LogP contribution in [0.4, 0.5) is 4.39 Å². The van der Waals surface area contributed by atoms with Gasteiger partial charge in [0.15, 0.2) is 11.5 Å². The van der Waals surface area contributed by atoms with Gasteiger partial charge >= 0.3 is 10.1 Å². The highest BCUT2D eigenvalue weighted by Crippen LogP contribution is 2.41. The van der Waals surface area contributed by atoms with Gasteiger partial charge in [-0.2, -0.15) is 8.42 Å². The summed E-state index contributed by atoms with van der Waals surface area (Å²) in [4.78, 5) is 23.6. The molecule has 3 aromatic rings. The van der Waals surface area contributed by atoms with E-state index >= 15 is 0 Å². The predicted molar refractivity (Wildman–Crippen MR) is 122 cm³/mol. The highest BCUT2D eigenvalue weighted by atomic mass is 35.5. The number of rotatable bonds is 5. The second kappa shape index (κ2) is 8.49. The van der Waals surface area contributed by atoms with E-state index in [9.17, 15) is 17.6 Å². The zero-order valence-corrected chi connectivity index (χ0v) is 19.3. The molecule has 1 amide bonds. The molecule has 168 valence electrons. The molecule has 0 spiro atoms. The molecule has 0 fully saturated rings. The molecule has 32 heavy (non-hydrogen) atoms. The number of carbonyl (C=O) groups excluding carboxylic acids is 1. The van der Waals surface area contributed by atoms with Crippen LogP contribution >= 0.6 is 23.7 Å². The number of thiazole rings is 1. The lowest BCUT2D eigenvalue weighted by atomic mass is 9.82. The molecule has 1 atom stereocenters. The van der Waals surface area contributed by atoms with E-state index in [2.05, 4.69) is 9.98 Å². The monoisotopic (exact) mass is 496 g/mol. The second-order valence-corrected chi connectivity index (χ2v) is 9.38. The standard InChI is InChI=1S/C20H17FN4O4S2.ClH/c1-25-18(26)20(24-19(25)22,12-3-6-14(7-4-12)29-31(2,27)28)13-5-8-16(21)15(9-13)17-10-23-11-30-17;/h3-11H,1-2H3,(H2,22,24);1H. The average Bonchev–Trinajstić information content (AvgIpc) is 3.32. The van der Waals surface area contributed by atoms with Crippen LogP contribution < -0.4 is 9.92 Å². The summed E-state index contributed by atoms with van der Waals surface area (Å²) in [5, 5.41) is 0. The van der Waals surface area contributed by atoms with Crippen molar-refractivity contribution in [1.82, 2.24) is 9.88 Å². The SMILES string of the molecule is CN1C(=O)C(c2ccc(OS(C)(=O)=O)cc2)(c2ccc(F)c(-c3cncs3)c2)N=C1N.Cl. The van der Waals surface area contributed by atoms with Gasteiger partial charge in [0.1, 0.15) is 11.6 Å². The number of guanidine groups is 1. The van der Waals surface area contributed by atoms with Crippen LogP contribution in [-0.2, 0) is 20.5 Å². The first-order valence-electron chi connectivity index (χ1n) is 8.94. The van der Waals surface area contributed by atoms with Crippen molar-refractivity contribution >= 4 is 45.7 Å². The van der Waals surface area contributed by atoms with Gasteiger partial charge in [-0.15, -0.1) is 23.7 Å². The van der Waals surface area contributed by atoms with Gasteiger partial charge in [0, 0.05) is 18.8 Å². The summed E-state index contributed by atoms with van der Waals surface area (Å²) in [7, 11) is -2.21. The van der Waals surface area contributed by atoms with Gasteiger partial charge in [0.2, 0.25) is 0 Å². The zero-order valence-electron chi connectivity index (χ0n) is 16.9. The summed E-state index contributed by atoms with van der Waals surface area (Å²) in [6.45, 7) is 0. The summed E-state index contributed by atoms with van der Waals surface area (Å²) in [6.07, 6.45) is 2.47. The fraction of sp³-hybridized carbons (Fsp3) is 0.150. The Balaban J connectivity index is 0.00000289. The molecule has 0 aliphatic carbocycles. The number of hydrogen-bond acceptors (Lipinski definition) is 8. The van der Waals surface area contributed by atoms with Crippen LogP contribution in [0.5, 0.6) is 5.75 Å². The largest absolute Gasteiger partial charge is 0.383 e. The van der Waals surface area contributed by atoms with Crippen molar-refractivity contribution in [1.29, 1.82) is 0 Å². The molecule has 1 aliphatic heterocycles. The maximum absolute atomic E-state index is 14.6. The van der Waals surface area contributed by atoms with Crippen molar-refractivity contribution in [3.05, 3.63) is 71.1 Å². The maximum Gasteiger partial charge on any atom is 0.306 e. The number of amides is 1. The Morgan fingerprint density at radius 2 is 1.81 bits per heavy atom. The van der Waals surface area contributed by atoms with E-state index < -0.39 is 27.4 Å². The minimum atomic E-state index is -3.71. The van der Waals surface area contributed by atoms with Gasteiger partial charge in [0.25, 0.3) is 5.91 Å². The molecular formula is C20H18ClFN4O4S2. The molecule has 1 aromatic heterocycles. The minimum absolute atomic E-state index is 0. The third kappa shape index (κ3) is 4.06. The molecule has 12 heteroatoms. The average molecular weight is 497 g/mol. The molecule has 0 saturated carbocycles. The lowest BCUT2D eigenvalue weighted by Crippen LogP contribution is -2.41. The first-order valence-corrected chi connectivity index (χ1v) is 11.6. The highest BCUT2D eigenvalue weighted by molar-refractivity contribution is 7.86. The van der Waals surface area contributed by atoms with Crippen molar-refractivity contribution in [2.24, 2.45) is 10.7 Å². The maximum atomic E-state index is 14.6. The number of halogens is 2. The van der Waals surface area contributed by atoms with Crippen LogP contribution in [-0.4, -0.2) is 43.5 Å². The number of aliphatic imine (C=N–C) groups is 1. The molecule has 1 aliphatic rings. The van der Waals surface area contributed by atoms with Crippen LogP contribution in [0.25, 0.3) is 10.4 Å². The van der Waals surface area contributed by atoms with E-state index in [4.69, 9.17) is 9.92 Å². The zero-order chi connectivity index (χ0) is 22.4. The molecule has 0 saturated heterocycles. The third-order valence-electron chi connectivity index (χ3n) is 4.84. The summed E-state index contributed by atoms with van der Waals surface area (Å²) in [5.74, 6) is -0.800. The normalized spacial score (nSPS) is 18.3. The van der Waals surface area contributed by atoms with Crippen LogP contribution in [0, 0.1) is 5.82 Å². The van der Waals surface area contributed by atoms with Gasteiger partial charge in [-0.3, -0.25) is 14.7 Å². The van der Waals surface area contributed by atoms with Gasteiger partial charge in [-0.1, -0.05) is 18.2 Å². The lowest BCUT2D eigenvalue weighted by Gasteiger charge is -2.26. The van der Waals surface area contributed by atoms with E-state index in [-0.39, 0.29) is 29.7 Å². The first kappa shape index (κ1) is 23.6. The number of nitrogens with zero attached hydrogens (tertiary/aromatic N) is 3. The van der Waals surface area contributed by atoms with E-state index in [1.807, 2.05) is 0 Å². The number of likely N-dealkylation sites (N-methyl/N-ethyl adjacent to an activating group) is 1. The Morgan fingerprint density at radius 1 is 1.16 bits per heavy atom. The summed E-state index contributed by atoms with van der Waals surface area (Å²) in [6, 6.07) is 10.2. The quantitative estimate of drug-likeness (QED) is 0.543. The molecule has 2 N–H and O–H groups in total. The third-order valence-corrected chi connectivity index (χ3v) is 6.14. The Kier molecular flexibility index (Phi) is 6.27.